The number of ketones is 1. The lowest BCUT2D eigenvalue weighted by molar-refractivity contribution is -0.127. The number of nitrogens with zero attached hydrogens (tertiary/aromatic N) is 1. The van der Waals surface area contributed by atoms with Crippen molar-refractivity contribution >= 4 is 23.3 Å². The second-order valence-corrected chi connectivity index (χ2v) is 4.60. The van der Waals surface area contributed by atoms with Crippen molar-refractivity contribution in [1.29, 1.82) is 0 Å². The van der Waals surface area contributed by atoms with Gasteiger partial charge in [-0.25, -0.2) is 0 Å². The number of amides is 1. The minimum Gasteiger partial charge on any atom is -0.495 e. The Morgan fingerprint density at radius 3 is 2.83 bits per heavy atom. The molecule has 1 heterocycles. The van der Waals surface area contributed by atoms with Gasteiger partial charge in [0.25, 0.3) is 0 Å². The number of Topliss-reactive ketones (excluding diaryl/α,β-unsaturated/α-hetero) is 1. The molecule has 1 aromatic rings. The molecule has 0 unspecified atom stereocenters. The number of halogens is 1. The molecule has 0 N–H and O–H groups in total. The highest BCUT2D eigenvalue weighted by molar-refractivity contribution is 6.32. The molecule has 4 nitrogen and oxygen atoms in total. The molecule has 1 saturated heterocycles. The molecule has 0 saturated carbocycles. The smallest absolute Gasteiger partial charge is 0.223 e. The number of carbonyl (C=O) groups excluding carboxylic acids is 2. The highest BCUT2D eigenvalue weighted by Gasteiger charge is 2.23. The summed E-state index contributed by atoms with van der Waals surface area (Å²) in [6.45, 7) is 0.788. The van der Waals surface area contributed by atoms with Crippen LogP contribution in [0.1, 0.15) is 23.2 Å². The van der Waals surface area contributed by atoms with E-state index in [4.69, 9.17) is 16.3 Å². The molecule has 96 valence electrons. The molecule has 1 aliphatic rings. The molecule has 0 spiro atoms. The summed E-state index contributed by atoms with van der Waals surface area (Å²) in [5.74, 6) is 0.475. The Kier molecular flexibility index (Phi) is 3.87. The first kappa shape index (κ1) is 12.9. The van der Waals surface area contributed by atoms with Gasteiger partial charge in [0.05, 0.1) is 18.7 Å². The van der Waals surface area contributed by atoms with Gasteiger partial charge >= 0.3 is 0 Å². The number of likely N-dealkylation sites (tertiary alicyclic amines) is 1. The van der Waals surface area contributed by atoms with Crippen molar-refractivity contribution < 1.29 is 14.3 Å². The van der Waals surface area contributed by atoms with Gasteiger partial charge in [-0.05, 0) is 24.6 Å². The van der Waals surface area contributed by atoms with E-state index in [1.165, 1.54) is 7.11 Å². The number of carbonyl (C=O) groups is 2. The first-order chi connectivity index (χ1) is 8.61. The third-order valence-electron chi connectivity index (χ3n) is 2.98. The summed E-state index contributed by atoms with van der Waals surface area (Å²) in [5, 5.41) is 0.399. The van der Waals surface area contributed by atoms with Crippen molar-refractivity contribution in [3.8, 4) is 5.75 Å². The Morgan fingerprint density at radius 2 is 2.28 bits per heavy atom. The van der Waals surface area contributed by atoms with Crippen LogP contribution < -0.4 is 4.74 Å². The fourth-order valence-corrected chi connectivity index (χ4v) is 2.23. The van der Waals surface area contributed by atoms with E-state index in [1.54, 1.807) is 23.1 Å². The van der Waals surface area contributed by atoms with Crippen LogP contribution in [0.2, 0.25) is 5.02 Å². The maximum atomic E-state index is 12.0. The van der Waals surface area contributed by atoms with E-state index in [1.807, 2.05) is 0 Å². The summed E-state index contributed by atoms with van der Waals surface area (Å²) in [7, 11) is 1.52. The number of ether oxygens (including phenoxy) is 1. The van der Waals surface area contributed by atoms with Crippen molar-refractivity contribution in [3.63, 3.8) is 0 Å². The van der Waals surface area contributed by atoms with E-state index in [0.717, 1.165) is 6.42 Å². The van der Waals surface area contributed by atoms with E-state index in [9.17, 15) is 9.59 Å². The highest BCUT2D eigenvalue weighted by Crippen LogP contribution is 2.25. The number of rotatable bonds is 4. The Bertz CT molecular complexity index is 487. The number of benzene rings is 1. The molecule has 2 rings (SSSR count). The molecule has 1 aromatic carbocycles. The summed E-state index contributed by atoms with van der Waals surface area (Å²) in [6.07, 6.45) is 1.37. The van der Waals surface area contributed by atoms with Gasteiger partial charge in [-0.15, -0.1) is 0 Å². The van der Waals surface area contributed by atoms with Crippen LogP contribution in [0.15, 0.2) is 18.2 Å². The number of hydrogen-bond donors (Lipinski definition) is 0. The molecule has 0 aromatic heterocycles. The molecule has 1 amide bonds. The van der Waals surface area contributed by atoms with Crippen molar-refractivity contribution in [2.75, 3.05) is 20.2 Å². The van der Waals surface area contributed by atoms with Gasteiger partial charge < -0.3 is 9.64 Å². The predicted octanol–water partition coefficient (Wildman–Crippen LogP) is 2.15. The van der Waals surface area contributed by atoms with Gasteiger partial charge in [-0.2, -0.15) is 0 Å². The summed E-state index contributed by atoms with van der Waals surface area (Å²) >= 11 is 5.96. The molecule has 0 aliphatic carbocycles. The normalized spacial score (nSPS) is 15.0. The Hall–Kier alpha value is -1.55. The van der Waals surface area contributed by atoms with E-state index in [-0.39, 0.29) is 18.2 Å². The van der Waals surface area contributed by atoms with Gasteiger partial charge in [0.2, 0.25) is 5.91 Å². The Morgan fingerprint density at radius 1 is 1.50 bits per heavy atom. The van der Waals surface area contributed by atoms with E-state index < -0.39 is 0 Å². The van der Waals surface area contributed by atoms with Crippen LogP contribution in [0.25, 0.3) is 0 Å². The maximum absolute atomic E-state index is 12.0. The largest absolute Gasteiger partial charge is 0.495 e. The molecule has 1 aliphatic heterocycles. The van der Waals surface area contributed by atoms with Crippen LogP contribution in [0.4, 0.5) is 0 Å². The summed E-state index contributed by atoms with van der Waals surface area (Å²) in [4.78, 5) is 25.0. The molecular formula is C13H14ClNO3. The molecule has 5 heteroatoms. The molecule has 1 fully saturated rings. The maximum Gasteiger partial charge on any atom is 0.223 e. The molecular weight excluding hydrogens is 254 g/mol. The van der Waals surface area contributed by atoms with Crippen LogP contribution >= 0.6 is 11.6 Å². The summed E-state index contributed by atoms with van der Waals surface area (Å²) in [5.41, 5.74) is 0.500. The Balaban J connectivity index is 2.09. The van der Waals surface area contributed by atoms with Gasteiger partial charge in [0.1, 0.15) is 5.75 Å². The van der Waals surface area contributed by atoms with Gasteiger partial charge in [0, 0.05) is 18.5 Å². The zero-order valence-corrected chi connectivity index (χ0v) is 10.9. The van der Waals surface area contributed by atoms with Crippen molar-refractivity contribution in [1.82, 2.24) is 4.90 Å². The topological polar surface area (TPSA) is 46.6 Å². The van der Waals surface area contributed by atoms with Gasteiger partial charge in [0.15, 0.2) is 5.78 Å². The zero-order chi connectivity index (χ0) is 13.1. The average Bonchev–Trinajstić information content (AvgIpc) is 2.75. The minimum absolute atomic E-state index is 0.0444. The van der Waals surface area contributed by atoms with Gasteiger partial charge in [-0.3, -0.25) is 9.59 Å². The van der Waals surface area contributed by atoms with Crippen molar-refractivity contribution in [2.24, 2.45) is 0 Å². The van der Waals surface area contributed by atoms with Crippen LogP contribution in [0, 0.1) is 0 Å². The fraction of sp³-hybridized carbons (Fsp3) is 0.385. The zero-order valence-electron chi connectivity index (χ0n) is 10.1. The molecule has 0 radical (unpaired) electrons. The average molecular weight is 268 g/mol. The van der Waals surface area contributed by atoms with Crippen LogP contribution in [-0.2, 0) is 4.79 Å². The highest BCUT2D eigenvalue weighted by atomic mass is 35.5. The van der Waals surface area contributed by atoms with Crippen molar-refractivity contribution in [3.05, 3.63) is 28.8 Å². The van der Waals surface area contributed by atoms with Gasteiger partial charge in [-0.1, -0.05) is 11.6 Å². The first-order valence-electron chi connectivity index (χ1n) is 5.76. The van der Waals surface area contributed by atoms with E-state index in [0.29, 0.717) is 29.3 Å². The lowest BCUT2D eigenvalue weighted by Gasteiger charge is -2.14. The minimum atomic E-state index is -0.102. The molecule has 0 atom stereocenters. The van der Waals surface area contributed by atoms with Crippen molar-refractivity contribution in [2.45, 2.75) is 12.8 Å². The number of methoxy groups -OCH3 is 1. The summed E-state index contributed by atoms with van der Waals surface area (Å²) < 4.78 is 5.02. The third kappa shape index (κ3) is 2.64. The third-order valence-corrected chi connectivity index (χ3v) is 3.27. The van der Waals surface area contributed by atoms with E-state index >= 15 is 0 Å². The van der Waals surface area contributed by atoms with Crippen LogP contribution in [-0.4, -0.2) is 36.8 Å². The lowest BCUT2D eigenvalue weighted by atomic mass is 10.1. The van der Waals surface area contributed by atoms with Crippen LogP contribution in [0.3, 0.4) is 0 Å². The molecule has 0 bridgehead atoms. The monoisotopic (exact) mass is 267 g/mol. The standard InChI is InChI=1S/C13H14ClNO3/c1-18-12-5-4-9(7-10(12)14)11(16)8-15-6-2-3-13(15)17/h4-5,7H,2-3,6,8H2,1H3. The predicted molar refractivity (Wildman–Crippen MR) is 68.1 cm³/mol. The molecule has 18 heavy (non-hydrogen) atoms. The summed E-state index contributed by atoms with van der Waals surface area (Å²) in [6, 6.07) is 4.89. The number of hydrogen-bond acceptors (Lipinski definition) is 3. The first-order valence-corrected chi connectivity index (χ1v) is 6.14. The Labute approximate surface area is 110 Å². The second-order valence-electron chi connectivity index (χ2n) is 4.19. The quantitative estimate of drug-likeness (QED) is 0.786. The fourth-order valence-electron chi connectivity index (χ4n) is 1.98. The lowest BCUT2D eigenvalue weighted by Crippen LogP contribution is -2.30. The SMILES string of the molecule is COc1ccc(C(=O)CN2CCCC2=O)cc1Cl. The van der Waals surface area contributed by atoms with E-state index in [2.05, 4.69) is 0 Å². The second kappa shape index (κ2) is 5.40. The van der Waals surface area contributed by atoms with Crippen LogP contribution in [0.5, 0.6) is 5.75 Å².